The van der Waals surface area contributed by atoms with Crippen molar-refractivity contribution in [3.63, 3.8) is 0 Å². The Hall–Kier alpha value is -1.63. The zero-order chi connectivity index (χ0) is 17.8. The normalized spacial score (nSPS) is 27.0. The van der Waals surface area contributed by atoms with Gasteiger partial charge in [0.2, 0.25) is 5.91 Å². The third-order valence-corrected chi connectivity index (χ3v) is 5.14. The third kappa shape index (κ3) is 4.26. The zero-order valence-corrected chi connectivity index (χ0v) is 14.6. The first-order valence-electron chi connectivity index (χ1n) is 8.98. The minimum absolute atomic E-state index is 0.0130. The Morgan fingerprint density at radius 1 is 1.25 bits per heavy atom. The minimum atomic E-state index is -0.928. The number of carbonyl (C=O) groups excluding carboxylic acids is 3. The lowest BCUT2D eigenvalue weighted by Crippen LogP contribution is -2.53. The molecule has 0 aromatic carbocycles. The predicted molar refractivity (Wildman–Crippen MR) is 89.2 cm³/mol. The molecule has 1 aliphatic carbocycles. The van der Waals surface area contributed by atoms with Gasteiger partial charge < -0.3 is 15.7 Å². The highest BCUT2D eigenvalue weighted by atomic mass is 16.3. The maximum atomic E-state index is 12.3. The quantitative estimate of drug-likeness (QED) is 0.525. The molecule has 24 heavy (non-hydrogen) atoms. The summed E-state index contributed by atoms with van der Waals surface area (Å²) < 4.78 is 0. The lowest BCUT2D eigenvalue weighted by molar-refractivity contribution is -0.128. The van der Waals surface area contributed by atoms with E-state index in [1.165, 1.54) is 0 Å². The number of nitrogens with one attached hydrogen (secondary N) is 3. The SMILES string of the molecule is CCCC(O)(CCC)CC(=O)NC1CCC2(CC1)NC(=O)NC2=O. The average molecular weight is 339 g/mol. The fraction of sp³-hybridized carbons (Fsp3) is 0.824. The van der Waals surface area contributed by atoms with Gasteiger partial charge in [0.1, 0.15) is 5.54 Å². The van der Waals surface area contributed by atoms with Gasteiger partial charge in [0.15, 0.2) is 0 Å². The van der Waals surface area contributed by atoms with Crippen LogP contribution in [0.25, 0.3) is 0 Å². The van der Waals surface area contributed by atoms with Gasteiger partial charge >= 0.3 is 6.03 Å². The lowest BCUT2D eigenvalue weighted by Gasteiger charge is -2.35. The molecule has 1 saturated carbocycles. The van der Waals surface area contributed by atoms with Gasteiger partial charge in [0, 0.05) is 6.04 Å². The fourth-order valence-electron chi connectivity index (χ4n) is 3.95. The van der Waals surface area contributed by atoms with Gasteiger partial charge in [-0.1, -0.05) is 26.7 Å². The van der Waals surface area contributed by atoms with E-state index in [-0.39, 0.29) is 24.3 Å². The first-order valence-corrected chi connectivity index (χ1v) is 8.98. The topological polar surface area (TPSA) is 108 Å². The molecule has 1 heterocycles. The Labute approximate surface area is 142 Å². The first kappa shape index (κ1) is 18.7. The van der Waals surface area contributed by atoms with Crippen LogP contribution in [-0.2, 0) is 9.59 Å². The number of urea groups is 1. The van der Waals surface area contributed by atoms with Gasteiger partial charge in [-0.2, -0.15) is 0 Å². The van der Waals surface area contributed by atoms with Crippen LogP contribution in [0.15, 0.2) is 0 Å². The molecule has 7 heteroatoms. The maximum Gasteiger partial charge on any atom is 0.322 e. The molecule has 1 saturated heterocycles. The number of amides is 4. The van der Waals surface area contributed by atoms with Crippen LogP contribution in [0.4, 0.5) is 4.79 Å². The van der Waals surface area contributed by atoms with Crippen molar-refractivity contribution in [3.05, 3.63) is 0 Å². The van der Waals surface area contributed by atoms with Gasteiger partial charge in [0.25, 0.3) is 5.91 Å². The Balaban J connectivity index is 1.84. The van der Waals surface area contributed by atoms with E-state index in [9.17, 15) is 19.5 Å². The van der Waals surface area contributed by atoms with E-state index in [1.54, 1.807) is 0 Å². The van der Waals surface area contributed by atoms with Crippen molar-refractivity contribution in [2.75, 3.05) is 0 Å². The number of rotatable bonds is 7. The second kappa shape index (κ2) is 7.51. The molecular weight excluding hydrogens is 310 g/mol. The number of aliphatic hydroxyl groups is 1. The molecular formula is C17H29N3O4. The highest BCUT2D eigenvalue weighted by Crippen LogP contribution is 2.31. The van der Waals surface area contributed by atoms with E-state index in [2.05, 4.69) is 16.0 Å². The highest BCUT2D eigenvalue weighted by Gasteiger charge is 2.48. The average Bonchev–Trinajstić information content (AvgIpc) is 2.76. The molecule has 136 valence electrons. The number of imide groups is 1. The van der Waals surface area contributed by atoms with Crippen LogP contribution >= 0.6 is 0 Å². The molecule has 0 aromatic rings. The summed E-state index contributed by atoms with van der Waals surface area (Å²) in [6, 6.07) is -0.451. The highest BCUT2D eigenvalue weighted by molar-refractivity contribution is 6.07. The van der Waals surface area contributed by atoms with Crippen molar-refractivity contribution >= 4 is 17.8 Å². The molecule has 2 fully saturated rings. The molecule has 7 nitrogen and oxygen atoms in total. The molecule has 4 N–H and O–H groups in total. The van der Waals surface area contributed by atoms with E-state index in [0.29, 0.717) is 38.5 Å². The third-order valence-electron chi connectivity index (χ3n) is 5.14. The van der Waals surface area contributed by atoms with Crippen LogP contribution < -0.4 is 16.0 Å². The van der Waals surface area contributed by atoms with Crippen molar-refractivity contribution in [2.45, 2.75) is 88.8 Å². The molecule has 1 spiro atoms. The Morgan fingerprint density at radius 2 is 1.83 bits per heavy atom. The molecule has 0 aromatic heterocycles. The molecule has 2 rings (SSSR count). The second-order valence-electron chi connectivity index (χ2n) is 7.23. The van der Waals surface area contributed by atoms with Crippen molar-refractivity contribution < 1.29 is 19.5 Å². The van der Waals surface area contributed by atoms with E-state index in [0.717, 1.165) is 12.8 Å². The fourth-order valence-corrected chi connectivity index (χ4v) is 3.95. The predicted octanol–water partition coefficient (Wildman–Crippen LogP) is 1.34. The standard InChI is InChI=1S/C17H29N3O4/c1-3-7-16(24,8-4-2)11-13(21)18-12-5-9-17(10-6-12)14(22)19-15(23)20-17/h12,24H,3-11H2,1-2H3,(H,18,21)(H2,19,20,22,23). The van der Waals surface area contributed by atoms with E-state index in [4.69, 9.17) is 0 Å². The van der Waals surface area contributed by atoms with Crippen LogP contribution in [0.2, 0.25) is 0 Å². The molecule has 0 bridgehead atoms. The monoisotopic (exact) mass is 339 g/mol. The minimum Gasteiger partial charge on any atom is -0.389 e. The number of hydrogen-bond acceptors (Lipinski definition) is 4. The van der Waals surface area contributed by atoms with Gasteiger partial charge in [-0.05, 0) is 38.5 Å². The van der Waals surface area contributed by atoms with Gasteiger partial charge in [0.05, 0.1) is 12.0 Å². The van der Waals surface area contributed by atoms with Crippen molar-refractivity contribution in [1.82, 2.24) is 16.0 Å². The Bertz CT molecular complexity index is 492. The lowest BCUT2D eigenvalue weighted by atomic mass is 9.79. The molecule has 2 aliphatic rings. The summed E-state index contributed by atoms with van der Waals surface area (Å²) in [5.41, 5.74) is -1.73. The van der Waals surface area contributed by atoms with Gasteiger partial charge in [-0.25, -0.2) is 4.79 Å². The van der Waals surface area contributed by atoms with Crippen molar-refractivity contribution in [3.8, 4) is 0 Å². The molecule has 0 atom stereocenters. The van der Waals surface area contributed by atoms with Gasteiger partial charge in [-0.15, -0.1) is 0 Å². The summed E-state index contributed by atoms with van der Waals surface area (Å²) in [6.07, 6.45) is 5.34. The zero-order valence-electron chi connectivity index (χ0n) is 14.6. The number of carbonyl (C=O) groups is 3. The van der Waals surface area contributed by atoms with Crippen molar-refractivity contribution in [1.29, 1.82) is 0 Å². The van der Waals surface area contributed by atoms with Crippen LogP contribution in [0.1, 0.15) is 71.6 Å². The van der Waals surface area contributed by atoms with Crippen molar-refractivity contribution in [2.24, 2.45) is 0 Å². The van der Waals surface area contributed by atoms with Crippen LogP contribution in [0, 0.1) is 0 Å². The smallest absolute Gasteiger partial charge is 0.322 e. The maximum absolute atomic E-state index is 12.3. The molecule has 1 aliphatic heterocycles. The van der Waals surface area contributed by atoms with E-state index in [1.807, 2.05) is 13.8 Å². The van der Waals surface area contributed by atoms with Crippen LogP contribution in [0.5, 0.6) is 0 Å². The summed E-state index contributed by atoms with van der Waals surface area (Å²) in [4.78, 5) is 35.5. The van der Waals surface area contributed by atoms with E-state index < -0.39 is 17.2 Å². The summed E-state index contributed by atoms with van der Waals surface area (Å²) in [5, 5.41) is 18.6. The second-order valence-corrected chi connectivity index (χ2v) is 7.23. The largest absolute Gasteiger partial charge is 0.389 e. The van der Waals surface area contributed by atoms with Crippen LogP contribution in [0.3, 0.4) is 0 Å². The summed E-state index contributed by atoms with van der Waals surface area (Å²) in [6.45, 7) is 4.00. The molecule has 0 radical (unpaired) electrons. The van der Waals surface area contributed by atoms with Gasteiger partial charge in [-0.3, -0.25) is 14.9 Å². The Kier molecular flexibility index (Phi) is 5.85. The van der Waals surface area contributed by atoms with E-state index >= 15 is 0 Å². The molecule has 4 amide bonds. The summed E-state index contributed by atoms with van der Waals surface area (Å²) >= 11 is 0. The molecule has 0 unspecified atom stereocenters. The number of hydrogen-bond donors (Lipinski definition) is 4. The Morgan fingerprint density at radius 3 is 2.29 bits per heavy atom. The first-order chi connectivity index (χ1) is 11.3. The summed E-state index contributed by atoms with van der Waals surface area (Å²) in [5.74, 6) is -0.405. The summed E-state index contributed by atoms with van der Waals surface area (Å²) in [7, 11) is 0. The van der Waals surface area contributed by atoms with Crippen LogP contribution in [-0.4, -0.2) is 40.1 Å².